The van der Waals surface area contributed by atoms with Crippen LogP contribution in [0.1, 0.15) is 23.9 Å². The van der Waals surface area contributed by atoms with Crippen molar-refractivity contribution < 1.29 is 9.50 Å². The number of aliphatic hydroxyl groups is 1. The predicted octanol–water partition coefficient (Wildman–Crippen LogP) is 3.17. The fraction of sp³-hybridized carbons (Fsp3) is 0.400. The van der Waals surface area contributed by atoms with Gasteiger partial charge in [0, 0.05) is 19.9 Å². The first-order chi connectivity index (χ1) is 9.28. The molecule has 0 amide bonds. The van der Waals surface area contributed by atoms with Gasteiger partial charge in [0.15, 0.2) is 0 Å². The maximum absolute atomic E-state index is 12.9. The molecule has 108 valence electrons. The van der Waals surface area contributed by atoms with Crippen LogP contribution in [0.25, 0.3) is 0 Å². The van der Waals surface area contributed by atoms with E-state index in [2.05, 4.69) is 21.0 Å². The second kappa shape index (κ2) is 5.66. The molecule has 0 aliphatic rings. The second-order valence-corrected chi connectivity index (χ2v) is 6.24. The van der Waals surface area contributed by atoms with Crippen molar-refractivity contribution in [1.82, 2.24) is 9.78 Å². The third-order valence-corrected chi connectivity index (χ3v) is 4.34. The molecule has 0 fully saturated rings. The summed E-state index contributed by atoms with van der Waals surface area (Å²) in [6.07, 6.45) is 0.937. The minimum atomic E-state index is -0.916. The standard InChI is InChI=1S/C15H18BrFN2O/c1-10-14(16)13(19(3)18-10)9-15(2,20)8-11-4-6-12(17)7-5-11/h4-7,20H,8-9H2,1-3H3. The normalized spacial score (nSPS) is 14.3. The van der Waals surface area contributed by atoms with Crippen LogP contribution >= 0.6 is 15.9 Å². The Balaban J connectivity index is 2.16. The van der Waals surface area contributed by atoms with Crippen molar-refractivity contribution in [1.29, 1.82) is 0 Å². The first-order valence-electron chi connectivity index (χ1n) is 6.43. The van der Waals surface area contributed by atoms with Crippen molar-refractivity contribution in [3.63, 3.8) is 0 Å². The maximum atomic E-state index is 12.9. The molecule has 0 saturated heterocycles. The van der Waals surface area contributed by atoms with Crippen LogP contribution < -0.4 is 0 Å². The summed E-state index contributed by atoms with van der Waals surface area (Å²) in [7, 11) is 1.86. The Hall–Kier alpha value is -1.20. The van der Waals surface area contributed by atoms with Crippen molar-refractivity contribution in [2.75, 3.05) is 0 Å². The van der Waals surface area contributed by atoms with Gasteiger partial charge < -0.3 is 5.11 Å². The van der Waals surface area contributed by atoms with Gasteiger partial charge in [0.1, 0.15) is 5.82 Å². The van der Waals surface area contributed by atoms with Crippen LogP contribution in [0.5, 0.6) is 0 Å². The number of rotatable bonds is 4. The summed E-state index contributed by atoms with van der Waals surface area (Å²) in [4.78, 5) is 0. The summed E-state index contributed by atoms with van der Waals surface area (Å²) < 4.78 is 15.6. The zero-order chi connectivity index (χ0) is 14.9. The fourth-order valence-electron chi connectivity index (χ4n) is 2.34. The van der Waals surface area contributed by atoms with Gasteiger partial charge in [-0.15, -0.1) is 0 Å². The molecule has 0 spiro atoms. The van der Waals surface area contributed by atoms with Gasteiger partial charge in [-0.1, -0.05) is 12.1 Å². The van der Waals surface area contributed by atoms with Gasteiger partial charge in [-0.2, -0.15) is 5.10 Å². The van der Waals surface area contributed by atoms with Crippen molar-refractivity contribution in [2.45, 2.75) is 32.3 Å². The van der Waals surface area contributed by atoms with Gasteiger partial charge >= 0.3 is 0 Å². The topological polar surface area (TPSA) is 38.0 Å². The number of aryl methyl sites for hydroxylation is 2. The molecule has 0 radical (unpaired) electrons. The van der Waals surface area contributed by atoms with Crippen LogP contribution in [-0.4, -0.2) is 20.5 Å². The number of hydrogen-bond acceptors (Lipinski definition) is 2. The van der Waals surface area contributed by atoms with Crippen LogP contribution in [-0.2, 0) is 19.9 Å². The van der Waals surface area contributed by atoms with Gasteiger partial charge in [0.2, 0.25) is 0 Å². The molecule has 2 rings (SSSR count). The molecule has 0 aliphatic carbocycles. The number of aromatic nitrogens is 2. The van der Waals surface area contributed by atoms with Crippen molar-refractivity contribution >= 4 is 15.9 Å². The van der Waals surface area contributed by atoms with Gasteiger partial charge in [-0.05, 0) is 47.5 Å². The highest BCUT2D eigenvalue weighted by molar-refractivity contribution is 9.10. The Kier molecular flexibility index (Phi) is 4.30. The minimum absolute atomic E-state index is 0.265. The molecule has 1 unspecified atom stereocenters. The lowest BCUT2D eigenvalue weighted by Gasteiger charge is -2.23. The quantitative estimate of drug-likeness (QED) is 0.928. The summed E-state index contributed by atoms with van der Waals surface area (Å²) in [5, 5.41) is 14.9. The molecule has 1 aromatic heterocycles. The highest BCUT2D eigenvalue weighted by Gasteiger charge is 2.25. The Bertz CT molecular complexity index is 605. The highest BCUT2D eigenvalue weighted by atomic mass is 79.9. The number of hydrogen-bond donors (Lipinski definition) is 1. The summed E-state index contributed by atoms with van der Waals surface area (Å²) in [5.41, 5.74) is 1.85. The molecule has 2 aromatic rings. The average molecular weight is 341 g/mol. The largest absolute Gasteiger partial charge is 0.389 e. The summed E-state index contributed by atoms with van der Waals surface area (Å²) >= 11 is 3.50. The van der Waals surface area contributed by atoms with E-state index in [9.17, 15) is 9.50 Å². The van der Waals surface area contributed by atoms with E-state index in [1.165, 1.54) is 12.1 Å². The maximum Gasteiger partial charge on any atom is 0.123 e. The van der Waals surface area contributed by atoms with Crippen LogP contribution in [0.15, 0.2) is 28.7 Å². The van der Waals surface area contributed by atoms with Gasteiger partial charge in [-0.3, -0.25) is 4.68 Å². The van der Waals surface area contributed by atoms with Crippen LogP contribution in [0.3, 0.4) is 0 Å². The molecule has 1 heterocycles. The molecule has 5 heteroatoms. The van der Waals surface area contributed by atoms with E-state index in [0.717, 1.165) is 21.4 Å². The molecule has 1 atom stereocenters. The molecular formula is C15H18BrFN2O. The Morgan fingerprint density at radius 2 is 1.90 bits per heavy atom. The van der Waals surface area contributed by atoms with Crippen molar-refractivity contribution in [3.8, 4) is 0 Å². The van der Waals surface area contributed by atoms with E-state index in [1.54, 1.807) is 23.7 Å². The minimum Gasteiger partial charge on any atom is -0.389 e. The SMILES string of the molecule is Cc1nn(C)c(CC(C)(O)Cc2ccc(F)cc2)c1Br. The van der Waals surface area contributed by atoms with Gasteiger partial charge in [0.25, 0.3) is 0 Å². The lowest BCUT2D eigenvalue weighted by atomic mass is 9.92. The van der Waals surface area contributed by atoms with E-state index in [-0.39, 0.29) is 5.82 Å². The second-order valence-electron chi connectivity index (χ2n) is 5.45. The predicted molar refractivity (Wildman–Crippen MR) is 80.1 cm³/mol. The van der Waals surface area contributed by atoms with Crippen LogP contribution in [0.4, 0.5) is 4.39 Å². The van der Waals surface area contributed by atoms with Gasteiger partial charge in [0.05, 0.1) is 21.5 Å². The lowest BCUT2D eigenvalue weighted by molar-refractivity contribution is 0.0587. The highest BCUT2D eigenvalue weighted by Crippen LogP contribution is 2.26. The van der Waals surface area contributed by atoms with Crippen LogP contribution in [0, 0.1) is 12.7 Å². The number of halogens is 2. The van der Waals surface area contributed by atoms with E-state index < -0.39 is 5.60 Å². The number of benzene rings is 1. The average Bonchev–Trinajstić information content (AvgIpc) is 2.58. The Labute approximate surface area is 126 Å². The number of nitrogens with zero attached hydrogens (tertiary/aromatic N) is 2. The van der Waals surface area contributed by atoms with E-state index in [4.69, 9.17) is 0 Å². The fourth-order valence-corrected chi connectivity index (χ4v) is 2.81. The molecule has 0 aliphatic heterocycles. The van der Waals surface area contributed by atoms with Crippen molar-refractivity contribution in [2.24, 2.45) is 7.05 Å². The zero-order valence-electron chi connectivity index (χ0n) is 11.8. The summed E-state index contributed by atoms with van der Waals surface area (Å²) in [6.45, 7) is 3.70. The molecule has 1 N–H and O–H groups in total. The molecule has 0 saturated carbocycles. The molecule has 20 heavy (non-hydrogen) atoms. The first kappa shape index (κ1) is 15.2. The molecule has 1 aromatic carbocycles. The first-order valence-corrected chi connectivity index (χ1v) is 7.22. The third kappa shape index (κ3) is 3.46. The summed E-state index contributed by atoms with van der Waals surface area (Å²) in [6, 6.07) is 6.23. The van der Waals surface area contributed by atoms with E-state index in [0.29, 0.717) is 12.8 Å². The Morgan fingerprint density at radius 1 is 1.30 bits per heavy atom. The molecule has 0 bridgehead atoms. The molecule has 3 nitrogen and oxygen atoms in total. The summed E-state index contributed by atoms with van der Waals surface area (Å²) in [5.74, 6) is -0.265. The zero-order valence-corrected chi connectivity index (χ0v) is 13.4. The lowest BCUT2D eigenvalue weighted by Crippen LogP contribution is -2.31. The van der Waals surface area contributed by atoms with E-state index in [1.807, 2.05) is 14.0 Å². The van der Waals surface area contributed by atoms with Gasteiger partial charge in [-0.25, -0.2) is 4.39 Å². The monoisotopic (exact) mass is 340 g/mol. The van der Waals surface area contributed by atoms with E-state index >= 15 is 0 Å². The third-order valence-electron chi connectivity index (χ3n) is 3.31. The molecular weight excluding hydrogens is 323 g/mol. The van der Waals surface area contributed by atoms with Crippen molar-refractivity contribution in [3.05, 3.63) is 51.5 Å². The van der Waals surface area contributed by atoms with Crippen LogP contribution in [0.2, 0.25) is 0 Å². The smallest absolute Gasteiger partial charge is 0.123 e. The Morgan fingerprint density at radius 3 is 2.40 bits per heavy atom.